The lowest BCUT2D eigenvalue weighted by Gasteiger charge is -2.51. The van der Waals surface area contributed by atoms with Crippen LogP contribution >= 0.6 is 31.9 Å². The fourth-order valence-electron chi connectivity index (χ4n) is 5.37. The molecule has 8 nitrogen and oxygen atoms in total. The number of likely N-dealkylation sites (tertiary alicyclic amines) is 1. The summed E-state index contributed by atoms with van der Waals surface area (Å²) < 4.78 is 15.3. The van der Waals surface area contributed by atoms with Crippen LogP contribution in [0.5, 0.6) is 0 Å². The van der Waals surface area contributed by atoms with E-state index >= 15 is 0 Å². The summed E-state index contributed by atoms with van der Waals surface area (Å²) in [5.74, 6) is -0.342. The Morgan fingerprint density at radius 1 is 1.08 bits per heavy atom. The van der Waals surface area contributed by atoms with Crippen molar-refractivity contribution in [1.82, 2.24) is 19.6 Å². The van der Waals surface area contributed by atoms with Crippen LogP contribution in [0.25, 0.3) is 0 Å². The molecule has 0 aromatic heterocycles. The van der Waals surface area contributed by atoms with Crippen LogP contribution in [0.15, 0.2) is 51.4 Å². The predicted molar refractivity (Wildman–Crippen MR) is 150 cm³/mol. The number of rotatable bonds is 9. The molecule has 2 heterocycles. The van der Waals surface area contributed by atoms with Crippen molar-refractivity contribution in [1.29, 1.82) is 0 Å². The maximum atomic E-state index is 13.6. The molecule has 0 aliphatic carbocycles. The minimum atomic E-state index is -0.943. The lowest BCUT2D eigenvalue weighted by atomic mass is 9.93. The zero-order chi connectivity index (χ0) is 27.4. The maximum absolute atomic E-state index is 13.6. The maximum Gasteiger partial charge on any atom is 0.407 e. The number of benzene rings is 2. The Morgan fingerprint density at radius 3 is 2.34 bits per heavy atom. The zero-order valence-corrected chi connectivity index (χ0v) is 24.4. The van der Waals surface area contributed by atoms with Crippen LogP contribution < -0.4 is 0 Å². The van der Waals surface area contributed by atoms with E-state index in [1.54, 1.807) is 36.2 Å². The molecule has 2 atom stereocenters. The second kappa shape index (κ2) is 12.9. The van der Waals surface area contributed by atoms with Crippen molar-refractivity contribution < 1.29 is 24.2 Å². The van der Waals surface area contributed by atoms with Gasteiger partial charge in [-0.15, -0.1) is 0 Å². The Morgan fingerprint density at radius 2 is 1.74 bits per heavy atom. The van der Waals surface area contributed by atoms with Gasteiger partial charge in [-0.2, -0.15) is 0 Å². The van der Waals surface area contributed by atoms with Crippen molar-refractivity contribution in [2.24, 2.45) is 0 Å². The third-order valence-electron chi connectivity index (χ3n) is 7.50. The number of likely N-dealkylation sites (N-methyl/N-ethyl adjacent to an activating group) is 1. The highest BCUT2D eigenvalue weighted by Gasteiger charge is 2.39. The first kappa shape index (κ1) is 28.9. The third kappa shape index (κ3) is 7.12. The molecule has 2 amide bonds. The molecule has 1 unspecified atom stereocenters. The van der Waals surface area contributed by atoms with E-state index in [1.165, 1.54) is 17.0 Å². The molecule has 2 aliphatic heterocycles. The van der Waals surface area contributed by atoms with E-state index in [4.69, 9.17) is 0 Å². The smallest absolute Gasteiger partial charge is 0.407 e. The molecule has 2 aliphatic rings. The molecule has 2 fully saturated rings. The largest absolute Gasteiger partial charge is 0.465 e. The summed E-state index contributed by atoms with van der Waals surface area (Å²) in [4.78, 5) is 32.1. The average molecular weight is 656 g/mol. The zero-order valence-electron chi connectivity index (χ0n) is 21.3. The minimum absolute atomic E-state index is 0.0310. The van der Waals surface area contributed by atoms with E-state index in [2.05, 4.69) is 41.7 Å². The van der Waals surface area contributed by atoms with Gasteiger partial charge in [0, 0.05) is 72.8 Å². The number of piperazine rings is 1. The van der Waals surface area contributed by atoms with Gasteiger partial charge in [0.25, 0.3) is 5.91 Å². The molecule has 0 spiro atoms. The van der Waals surface area contributed by atoms with E-state index in [-0.39, 0.29) is 36.3 Å². The van der Waals surface area contributed by atoms with Gasteiger partial charge in [0.15, 0.2) is 0 Å². The minimum Gasteiger partial charge on any atom is -0.465 e. The summed E-state index contributed by atoms with van der Waals surface area (Å²) in [7, 11) is 1.79. The van der Waals surface area contributed by atoms with Gasteiger partial charge in [0.05, 0.1) is 12.6 Å². The lowest BCUT2D eigenvalue weighted by molar-refractivity contribution is -0.0400. The van der Waals surface area contributed by atoms with Crippen LogP contribution in [0, 0.1) is 5.82 Å². The number of aliphatic hydroxyl groups excluding tert-OH is 1. The van der Waals surface area contributed by atoms with E-state index in [1.807, 2.05) is 6.07 Å². The number of halogens is 3. The topological polar surface area (TPSA) is 87.6 Å². The fourth-order valence-corrected chi connectivity index (χ4v) is 6.66. The third-order valence-corrected chi connectivity index (χ3v) is 8.42. The SMILES string of the molecule is CN(C[C@@H](CCN1CC(N2CCN(C(=O)O)CC2CO)C1)c1ccc(F)cc1)C(=O)c1cc(Br)cc(Br)c1. The lowest BCUT2D eigenvalue weighted by Crippen LogP contribution is -2.67. The monoisotopic (exact) mass is 654 g/mol. The summed E-state index contributed by atoms with van der Waals surface area (Å²) in [5.41, 5.74) is 1.57. The highest BCUT2D eigenvalue weighted by atomic mass is 79.9. The number of hydrogen-bond acceptors (Lipinski definition) is 5. The van der Waals surface area contributed by atoms with Crippen LogP contribution in [-0.2, 0) is 0 Å². The number of hydrogen-bond donors (Lipinski definition) is 2. The van der Waals surface area contributed by atoms with E-state index in [9.17, 15) is 24.2 Å². The van der Waals surface area contributed by atoms with Crippen molar-refractivity contribution in [3.63, 3.8) is 0 Å². The number of amides is 2. The predicted octanol–water partition coefficient (Wildman–Crippen LogP) is 3.94. The van der Waals surface area contributed by atoms with Gasteiger partial charge in [-0.05, 0) is 48.9 Å². The normalized spacial score (nSPS) is 19.7. The first-order valence-electron chi connectivity index (χ1n) is 12.7. The highest BCUT2D eigenvalue weighted by molar-refractivity contribution is 9.11. The second-order valence-corrected chi connectivity index (χ2v) is 11.9. The van der Waals surface area contributed by atoms with Crippen LogP contribution in [0.3, 0.4) is 0 Å². The Bertz CT molecular complexity index is 1110. The van der Waals surface area contributed by atoms with E-state index < -0.39 is 6.09 Å². The molecule has 0 bridgehead atoms. The van der Waals surface area contributed by atoms with Crippen LogP contribution in [0.1, 0.15) is 28.3 Å². The van der Waals surface area contributed by atoms with Gasteiger partial charge in [-0.3, -0.25) is 9.69 Å². The standard InChI is InChI=1S/C27H33Br2FN4O4/c1-31(26(36)20-10-21(28)12-22(29)11-20)13-19(18-2-4-23(30)5-3-18)6-7-32-14-24(15-32)34-9-8-33(27(37)38)16-25(34)17-35/h2-5,10-12,19,24-25,35H,6-9,13-17H2,1H3,(H,37,38)/t19-,25?/m1/s1. The molecule has 0 saturated carbocycles. The van der Waals surface area contributed by atoms with Crippen molar-refractivity contribution in [3.05, 3.63) is 68.4 Å². The van der Waals surface area contributed by atoms with Crippen LogP contribution in [0.4, 0.5) is 9.18 Å². The number of carbonyl (C=O) groups excluding carboxylic acids is 1. The Kier molecular flexibility index (Phi) is 9.80. The molecule has 0 radical (unpaired) electrons. The number of carbonyl (C=O) groups is 2. The Balaban J connectivity index is 1.36. The van der Waals surface area contributed by atoms with Crippen molar-refractivity contribution in [3.8, 4) is 0 Å². The molecule has 2 N–H and O–H groups in total. The van der Waals surface area contributed by atoms with Gasteiger partial charge >= 0.3 is 6.09 Å². The van der Waals surface area contributed by atoms with Gasteiger partial charge < -0.3 is 24.9 Å². The average Bonchev–Trinajstić information content (AvgIpc) is 2.86. The summed E-state index contributed by atoms with van der Waals surface area (Å²) in [6.45, 7) is 4.33. The molecule has 2 saturated heterocycles. The number of carboxylic acid groups (broad SMARTS) is 1. The second-order valence-electron chi connectivity index (χ2n) is 10.1. The van der Waals surface area contributed by atoms with E-state index in [0.29, 0.717) is 31.7 Å². The molecule has 4 rings (SSSR count). The van der Waals surface area contributed by atoms with Crippen molar-refractivity contribution in [2.45, 2.75) is 24.4 Å². The molecule has 38 heavy (non-hydrogen) atoms. The quantitative estimate of drug-likeness (QED) is 0.426. The fraction of sp³-hybridized carbons (Fsp3) is 0.481. The molecule has 2 aromatic rings. The Hall–Kier alpha value is -2.05. The summed E-state index contributed by atoms with van der Waals surface area (Å²) in [6.07, 6.45) is -0.143. The van der Waals surface area contributed by atoms with Gasteiger partial charge in [0.1, 0.15) is 5.82 Å². The van der Waals surface area contributed by atoms with Gasteiger partial charge in [0.2, 0.25) is 0 Å². The number of aliphatic hydroxyl groups is 1. The first-order chi connectivity index (χ1) is 18.1. The van der Waals surface area contributed by atoms with Crippen molar-refractivity contribution in [2.75, 3.05) is 59.5 Å². The van der Waals surface area contributed by atoms with Crippen LogP contribution in [0.2, 0.25) is 0 Å². The molecular formula is C27H33Br2FN4O4. The molecular weight excluding hydrogens is 623 g/mol. The van der Waals surface area contributed by atoms with E-state index in [0.717, 1.165) is 40.6 Å². The highest BCUT2D eigenvalue weighted by Crippen LogP contribution is 2.27. The summed E-state index contributed by atoms with van der Waals surface area (Å²) in [6, 6.07) is 12.1. The molecule has 206 valence electrons. The van der Waals surface area contributed by atoms with Crippen molar-refractivity contribution >= 4 is 43.9 Å². The first-order valence-corrected chi connectivity index (χ1v) is 14.3. The van der Waals surface area contributed by atoms with Gasteiger partial charge in [-0.25, -0.2) is 9.18 Å². The summed E-state index contributed by atoms with van der Waals surface area (Å²) >= 11 is 6.89. The van der Waals surface area contributed by atoms with Crippen LogP contribution in [-0.4, -0.2) is 113 Å². The molecule has 11 heteroatoms. The molecule has 2 aromatic carbocycles. The van der Waals surface area contributed by atoms with Gasteiger partial charge in [-0.1, -0.05) is 44.0 Å². The summed E-state index contributed by atoms with van der Waals surface area (Å²) in [5, 5.41) is 19.1. The number of nitrogens with zero attached hydrogens (tertiary/aromatic N) is 4. The Labute approximate surface area is 239 Å².